The lowest BCUT2D eigenvalue weighted by Crippen LogP contribution is -1.93. The summed E-state index contributed by atoms with van der Waals surface area (Å²) >= 11 is 0. The zero-order valence-electron chi connectivity index (χ0n) is 12.9. The lowest BCUT2D eigenvalue weighted by atomic mass is 10.1. The largest absolute Gasteiger partial charge is 0.399 e. The molecular formula is C18H22N4. The number of hydrogen-bond donors (Lipinski definition) is 4. The molecule has 0 amide bonds. The molecule has 0 unspecified atom stereocenters. The zero-order valence-corrected chi connectivity index (χ0v) is 12.9. The van der Waals surface area contributed by atoms with E-state index in [1.54, 1.807) is 0 Å². The molecule has 4 nitrogen and oxygen atoms in total. The van der Waals surface area contributed by atoms with Crippen LogP contribution in [0.5, 0.6) is 0 Å². The van der Waals surface area contributed by atoms with E-state index in [0.717, 1.165) is 33.5 Å². The molecule has 0 fully saturated rings. The molecule has 0 bridgehead atoms. The number of hydrogen-bond acceptors (Lipinski definition) is 4. The molecule has 0 atom stereocenters. The van der Waals surface area contributed by atoms with Crippen molar-refractivity contribution >= 4 is 33.5 Å². The van der Waals surface area contributed by atoms with E-state index in [1.165, 1.54) is 5.56 Å². The van der Waals surface area contributed by atoms with Gasteiger partial charge < -0.3 is 22.5 Å². The number of anilines is 4. The molecule has 0 heterocycles. The molecule has 22 heavy (non-hydrogen) atoms. The molecule has 0 radical (unpaired) electrons. The summed E-state index contributed by atoms with van der Waals surface area (Å²) in [6, 6.07) is 17.3. The van der Waals surface area contributed by atoms with Crippen LogP contribution in [0, 0.1) is 6.92 Å². The van der Waals surface area contributed by atoms with Crippen LogP contribution in [-0.4, -0.2) is 7.05 Å². The minimum atomic E-state index is 0.778. The van der Waals surface area contributed by atoms with E-state index in [9.17, 15) is 0 Å². The highest BCUT2D eigenvalue weighted by molar-refractivity contribution is 5.99. The number of rotatable bonds is 1. The molecule has 0 saturated heterocycles. The van der Waals surface area contributed by atoms with Crippen LogP contribution in [-0.2, 0) is 0 Å². The van der Waals surface area contributed by atoms with Gasteiger partial charge in [-0.05, 0) is 36.8 Å². The van der Waals surface area contributed by atoms with Gasteiger partial charge in [0, 0.05) is 40.6 Å². The minimum Gasteiger partial charge on any atom is -0.399 e. The Hall–Kier alpha value is -2.88. The van der Waals surface area contributed by atoms with Crippen molar-refractivity contribution in [1.82, 2.24) is 0 Å². The van der Waals surface area contributed by atoms with Crippen LogP contribution in [0.25, 0.3) is 10.8 Å². The van der Waals surface area contributed by atoms with Gasteiger partial charge in [-0.15, -0.1) is 0 Å². The van der Waals surface area contributed by atoms with E-state index in [4.69, 9.17) is 17.2 Å². The van der Waals surface area contributed by atoms with E-state index >= 15 is 0 Å². The van der Waals surface area contributed by atoms with Gasteiger partial charge in [0.2, 0.25) is 0 Å². The lowest BCUT2D eigenvalue weighted by Gasteiger charge is -2.04. The second-order valence-corrected chi connectivity index (χ2v) is 5.11. The van der Waals surface area contributed by atoms with Crippen molar-refractivity contribution in [3.05, 3.63) is 60.2 Å². The van der Waals surface area contributed by atoms with E-state index < -0.39 is 0 Å². The van der Waals surface area contributed by atoms with Gasteiger partial charge in [0.25, 0.3) is 0 Å². The van der Waals surface area contributed by atoms with E-state index in [0.29, 0.717) is 0 Å². The summed E-state index contributed by atoms with van der Waals surface area (Å²) in [7, 11) is 1.89. The van der Waals surface area contributed by atoms with E-state index in [1.807, 2.05) is 68.6 Å². The fraction of sp³-hybridized carbons (Fsp3) is 0.111. The predicted octanol–water partition coefficient (Wildman–Crippen LogP) is 3.62. The first kappa shape index (κ1) is 15.5. The van der Waals surface area contributed by atoms with Gasteiger partial charge in [-0.1, -0.05) is 30.3 Å². The van der Waals surface area contributed by atoms with Gasteiger partial charge >= 0.3 is 0 Å². The summed E-state index contributed by atoms with van der Waals surface area (Å²) < 4.78 is 0. The number of benzene rings is 3. The average molecular weight is 294 g/mol. The molecule has 0 aliphatic heterocycles. The SMILES string of the molecule is CNc1cc(N)ccc1C.Nc1cccc2c(N)cccc12. The van der Waals surface area contributed by atoms with Gasteiger partial charge in [0.05, 0.1) is 0 Å². The molecule has 0 saturated carbocycles. The summed E-state index contributed by atoms with van der Waals surface area (Å²) in [5, 5.41) is 5.11. The van der Waals surface area contributed by atoms with Gasteiger partial charge in [0.1, 0.15) is 0 Å². The van der Waals surface area contributed by atoms with E-state index in [-0.39, 0.29) is 0 Å². The highest BCUT2D eigenvalue weighted by Crippen LogP contribution is 2.24. The molecule has 4 heteroatoms. The maximum atomic E-state index is 5.77. The molecular weight excluding hydrogens is 272 g/mol. The number of nitrogens with two attached hydrogens (primary N) is 3. The Morgan fingerprint density at radius 1 is 0.773 bits per heavy atom. The highest BCUT2D eigenvalue weighted by Gasteiger charge is 1.98. The van der Waals surface area contributed by atoms with Crippen molar-refractivity contribution in [2.75, 3.05) is 29.6 Å². The van der Waals surface area contributed by atoms with Crippen molar-refractivity contribution in [1.29, 1.82) is 0 Å². The normalized spacial score (nSPS) is 9.91. The third-order valence-electron chi connectivity index (χ3n) is 3.52. The minimum absolute atomic E-state index is 0.778. The first-order valence-corrected chi connectivity index (χ1v) is 7.09. The summed E-state index contributed by atoms with van der Waals surface area (Å²) in [5.41, 5.74) is 21.8. The number of nitrogens with one attached hydrogen (secondary N) is 1. The lowest BCUT2D eigenvalue weighted by molar-refractivity contribution is 1.41. The molecule has 0 aromatic heterocycles. The van der Waals surface area contributed by atoms with Crippen LogP contribution in [0.1, 0.15) is 5.56 Å². The monoisotopic (exact) mass is 294 g/mol. The Bertz CT molecular complexity index is 740. The van der Waals surface area contributed by atoms with E-state index in [2.05, 4.69) is 5.32 Å². The summed E-state index contributed by atoms with van der Waals surface area (Å²) in [6.07, 6.45) is 0. The average Bonchev–Trinajstić information content (AvgIpc) is 2.52. The topological polar surface area (TPSA) is 90.1 Å². The van der Waals surface area contributed by atoms with Crippen LogP contribution < -0.4 is 22.5 Å². The molecule has 114 valence electrons. The Labute approximate surface area is 130 Å². The van der Waals surface area contributed by atoms with Gasteiger partial charge in [-0.3, -0.25) is 0 Å². The maximum Gasteiger partial charge on any atom is 0.0394 e. The molecule has 3 rings (SSSR count). The standard InChI is InChI=1S/C10H10N2.C8H12N2/c11-9-5-1-3-7-8(9)4-2-6-10(7)12;1-6-3-4-7(9)5-8(6)10-2/h1-6H,11-12H2;3-5,10H,9H2,1-2H3. The zero-order chi connectivity index (χ0) is 16.1. The van der Waals surface area contributed by atoms with Gasteiger partial charge in [-0.25, -0.2) is 0 Å². The number of nitrogen functional groups attached to an aromatic ring is 3. The Kier molecular flexibility index (Phi) is 4.73. The van der Waals surface area contributed by atoms with Crippen molar-refractivity contribution in [2.45, 2.75) is 6.92 Å². The summed E-state index contributed by atoms with van der Waals surface area (Å²) in [6.45, 7) is 2.05. The van der Waals surface area contributed by atoms with Crippen LogP contribution in [0.3, 0.4) is 0 Å². The van der Waals surface area contributed by atoms with Crippen molar-refractivity contribution < 1.29 is 0 Å². The second kappa shape index (κ2) is 6.72. The van der Waals surface area contributed by atoms with Crippen LogP contribution >= 0.6 is 0 Å². The van der Waals surface area contributed by atoms with Crippen LogP contribution in [0.4, 0.5) is 22.7 Å². The fourth-order valence-corrected chi connectivity index (χ4v) is 2.27. The Balaban J connectivity index is 0.000000164. The Morgan fingerprint density at radius 2 is 1.32 bits per heavy atom. The van der Waals surface area contributed by atoms with Gasteiger partial charge in [0.15, 0.2) is 0 Å². The fourth-order valence-electron chi connectivity index (χ4n) is 2.27. The summed E-state index contributed by atoms with van der Waals surface area (Å²) in [4.78, 5) is 0. The van der Waals surface area contributed by atoms with Crippen molar-refractivity contribution in [3.63, 3.8) is 0 Å². The third-order valence-corrected chi connectivity index (χ3v) is 3.52. The van der Waals surface area contributed by atoms with Crippen LogP contribution in [0.15, 0.2) is 54.6 Å². The molecule has 0 aliphatic carbocycles. The van der Waals surface area contributed by atoms with Gasteiger partial charge in [-0.2, -0.15) is 0 Å². The quantitative estimate of drug-likeness (QED) is 0.516. The molecule has 3 aromatic rings. The number of fused-ring (bicyclic) bond motifs is 1. The number of aryl methyl sites for hydroxylation is 1. The smallest absolute Gasteiger partial charge is 0.0394 e. The molecule has 3 aromatic carbocycles. The molecule has 7 N–H and O–H groups in total. The first-order chi connectivity index (χ1) is 10.5. The van der Waals surface area contributed by atoms with Crippen molar-refractivity contribution in [3.8, 4) is 0 Å². The highest BCUT2D eigenvalue weighted by atomic mass is 14.8. The third kappa shape index (κ3) is 3.41. The summed E-state index contributed by atoms with van der Waals surface area (Å²) in [5.74, 6) is 0. The second-order valence-electron chi connectivity index (χ2n) is 5.11. The predicted molar refractivity (Wildman–Crippen MR) is 97.9 cm³/mol. The van der Waals surface area contributed by atoms with Crippen LogP contribution in [0.2, 0.25) is 0 Å². The first-order valence-electron chi connectivity index (χ1n) is 7.09. The Morgan fingerprint density at radius 3 is 1.77 bits per heavy atom. The maximum absolute atomic E-state index is 5.77. The molecule has 0 spiro atoms. The van der Waals surface area contributed by atoms with Crippen molar-refractivity contribution in [2.24, 2.45) is 0 Å². The molecule has 0 aliphatic rings.